The summed E-state index contributed by atoms with van der Waals surface area (Å²) < 4.78 is 7.82. The Hall–Kier alpha value is -2.34. The van der Waals surface area contributed by atoms with Crippen molar-refractivity contribution in [3.63, 3.8) is 0 Å². The molecule has 2 N–H and O–H groups in total. The standard InChI is InChI=1S/C23H32N4O2/c1-27-14-13-24-21(27)20-19(10-15-29-20)26-22(28)25-17-23(11-6-3-7-12-23)16-18-8-4-2-5-9-18/h2,4-5,8-9,13-14,19-20H,3,6-7,10-12,15-17H2,1H3,(H2,25,26,28)/t19-,20-/m1/s1. The van der Waals surface area contributed by atoms with Gasteiger partial charge in [-0.3, -0.25) is 0 Å². The van der Waals surface area contributed by atoms with Gasteiger partial charge >= 0.3 is 6.03 Å². The number of imidazole rings is 1. The van der Waals surface area contributed by atoms with Crippen molar-refractivity contribution < 1.29 is 9.53 Å². The maximum atomic E-state index is 12.7. The summed E-state index contributed by atoms with van der Waals surface area (Å²) >= 11 is 0. The van der Waals surface area contributed by atoms with Crippen molar-refractivity contribution in [1.29, 1.82) is 0 Å². The van der Waals surface area contributed by atoms with E-state index in [9.17, 15) is 4.79 Å². The van der Waals surface area contributed by atoms with Crippen LogP contribution in [0.15, 0.2) is 42.7 Å². The largest absolute Gasteiger partial charge is 0.368 e. The molecule has 2 aromatic rings. The van der Waals surface area contributed by atoms with Gasteiger partial charge in [-0.15, -0.1) is 0 Å². The number of hydrogen-bond acceptors (Lipinski definition) is 3. The number of aryl methyl sites for hydroxylation is 1. The molecule has 6 nitrogen and oxygen atoms in total. The fraction of sp³-hybridized carbons (Fsp3) is 0.565. The number of urea groups is 1. The summed E-state index contributed by atoms with van der Waals surface area (Å²) in [4.78, 5) is 17.1. The SMILES string of the molecule is Cn1ccnc1[C@@H]1OCC[C@H]1NC(=O)NCC1(Cc2ccccc2)CCCCC1. The van der Waals surface area contributed by atoms with Gasteiger partial charge in [0.1, 0.15) is 11.9 Å². The fourth-order valence-electron chi connectivity index (χ4n) is 4.88. The first-order chi connectivity index (χ1) is 14.2. The molecule has 1 aliphatic carbocycles. The Morgan fingerprint density at radius 2 is 2.03 bits per heavy atom. The first-order valence-corrected chi connectivity index (χ1v) is 10.8. The highest BCUT2D eigenvalue weighted by Gasteiger charge is 2.35. The lowest BCUT2D eigenvalue weighted by molar-refractivity contribution is 0.0905. The Bertz CT molecular complexity index is 798. The molecule has 1 saturated carbocycles. The lowest BCUT2D eigenvalue weighted by Crippen LogP contribution is -2.48. The van der Waals surface area contributed by atoms with Crippen molar-refractivity contribution in [2.24, 2.45) is 12.5 Å². The van der Waals surface area contributed by atoms with E-state index in [1.807, 2.05) is 17.8 Å². The maximum Gasteiger partial charge on any atom is 0.315 e. The number of ether oxygens (including phenoxy) is 1. The molecule has 29 heavy (non-hydrogen) atoms. The molecule has 0 bridgehead atoms. The second-order valence-corrected chi connectivity index (χ2v) is 8.63. The summed E-state index contributed by atoms with van der Waals surface area (Å²) in [5.41, 5.74) is 1.51. The number of rotatable bonds is 6. The van der Waals surface area contributed by atoms with Gasteiger partial charge in [-0.05, 0) is 36.7 Å². The Kier molecular flexibility index (Phi) is 6.19. The number of hydrogen-bond donors (Lipinski definition) is 2. The molecule has 2 heterocycles. The molecule has 2 atom stereocenters. The average Bonchev–Trinajstić information content (AvgIpc) is 3.36. The molecule has 0 radical (unpaired) electrons. The topological polar surface area (TPSA) is 68.2 Å². The summed E-state index contributed by atoms with van der Waals surface area (Å²) in [6.07, 6.45) is 11.4. The minimum absolute atomic E-state index is 0.0486. The highest BCUT2D eigenvalue weighted by molar-refractivity contribution is 5.74. The first kappa shape index (κ1) is 20.0. The average molecular weight is 397 g/mol. The number of benzene rings is 1. The molecule has 2 aliphatic rings. The molecule has 2 fully saturated rings. The maximum absolute atomic E-state index is 12.7. The van der Waals surface area contributed by atoms with Gasteiger partial charge in [-0.25, -0.2) is 9.78 Å². The second-order valence-electron chi connectivity index (χ2n) is 8.63. The van der Waals surface area contributed by atoms with Gasteiger partial charge in [0.2, 0.25) is 0 Å². The molecule has 1 saturated heterocycles. The normalized spacial score (nSPS) is 23.6. The quantitative estimate of drug-likeness (QED) is 0.782. The third-order valence-electron chi connectivity index (χ3n) is 6.48. The third-order valence-corrected chi connectivity index (χ3v) is 6.48. The van der Waals surface area contributed by atoms with Crippen LogP contribution in [0.4, 0.5) is 4.79 Å². The van der Waals surface area contributed by atoms with Crippen molar-refractivity contribution in [2.75, 3.05) is 13.2 Å². The predicted molar refractivity (Wildman–Crippen MR) is 113 cm³/mol. The smallest absolute Gasteiger partial charge is 0.315 e. The minimum Gasteiger partial charge on any atom is -0.368 e. The Labute approximate surface area is 173 Å². The number of carbonyl (C=O) groups excluding carboxylic acids is 1. The zero-order valence-corrected chi connectivity index (χ0v) is 17.3. The van der Waals surface area contributed by atoms with E-state index >= 15 is 0 Å². The van der Waals surface area contributed by atoms with E-state index in [0.717, 1.165) is 18.7 Å². The Balaban J connectivity index is 1.36. The van der Waals surface area contributed by atoms with E-state index in [2.05, 4.69) is 45.9 Å². The van der Waals surface area contributed by atoms with Crippen molar-refractivity contribution in [2.45, 2.75) is 57.1 Å². The first-order valence-electron chi connectivity index (χ1n) is 10.8. The van der Waals surface area contributed by atoms with Crippen LogP contribution in [0.2, 0.25) is 0 Å². The number of amides is 2. The molecule has 4 rings (SSSR count). The lowest BCUT2D eigenvalue weighted by Gasteiger charge is -2.38. The predicted octanol–water partition coefficient (Wildman–Crippen LogP) is 3.74. The van der Waals surface area contributed by atoms with Crippen LogP contribution >= 0.6 is 0 Å². The highest BCUT2D eigenvalue weighted by Crippen LogP contribution is 2.38. The van der Waals surface area contributed by atoms with Gasteiger partial charge in [0.05, 0.1) is 6.04 Å². The van der Waals surface area contributed by atoms with E-state index < -0.39 is 0 Å². The van der Waals surface area contributed by atoms with E-state index in [-0.39, 0.29) is 23.6 Å². The van der Waals surface area contributed by atoms with Gasteiger partial charge in [0, 0.05) is 32.6 Å². The molecule has 2 amide bonds. The number of aromatic nitrogens is 2. The summed E-state index contributed by atoms with van der Waals surface area (Å²) in [5.74, 6) is 0.862. The number of nitrogens with one attached hydrogen (secondary N) is 2. The molecule has 1 aromatic carbocycles. The molecule has 6 heteroatoms. The molecule has 0 spiro atoms. The van der Waals surface area contributed by atoms with Crippen LogP contribution < -0.4 is 10.6 Å². The summed E-state index contributed by atoms with van der Waals surface area (Å²) in [6.45, 7) is 1.36. The van der Waals surface area contributed by atoms with E-state index in [0.29, 0.717) is 13.2 Å². The fourth-order valence-corrected chi connectivity index (χ4v) is 4.88. The minimum atomic E-state index is -0.186. The number of nitrogens with zero attached hydrogens (tertiary/aromatic N) is 2. The number of carbonyl (C=O) groups is 1. The van der Waals surface area contributed by atoms with E-state index in [1.54, 1.807) is 6.20 Å². The summed E-state index contributed by atoms with van der Waals surface area (Å²) in [6, 6.07) is 10.5. The Morgan fingerprint density at radius 3 is 2.76 bits per heavy atom. The molecule has 0 unspecified atom stereocenters. The zero-order chi connectivity index (χ0) is 20.1. The highest BCUT2D eigenvalue weighted by atomic mass is 16.5. The van der Waals surface area contributed by atoms with E-state index in [1.165, 1.54) is 37.7 Å². The van der Waals surface area contributed by atoms with E-state index in [4.69, 9.17) is 4.74 Å². The third kappa shape index (κ3) is 4.81. The van der Waals surface area contributed by atoms with Gasteiger partial charge < -0.3 is 19.9 Å². The van der Waals surface area contributed by atoms with Crippen molar-refractivity contribution >= 4 is 6.03 Å². The molecule has 156 valence electrons. The van der Waals surface area contributed by atoms with Crippen LogP contribution in [-0.2, 0) is 18.2 Å². The van der Waals surface area contributed by atoms with Gasteiger partial charge in [-0.1, -0.05) is 49.6 Å². The van der Waals surface area contributed by atoms with Crippen LogP contribution in [0.5, 0.6) is 0 Å². The summed E-state index contributed by atoms with van der Waals surface area (Å²) in [5, 5.41) is 6.32. The van der Waals surface area contributed by atoms with Gasteiger partial charge in [0.25, 0.3) is 0 Å². The van der Waals surface area contributed by atoms with Gasteiger partial charge in [0.15, 0.2) is 0 Å². The molecular formula is C23H32N4O2. The molecule has 1 aliphatic heterocycles. The molecule has 1 aromatic heterocycles. The zero-order valence-electron chi connectivity index (χ0n) is 17.3. The van der Waals surface area contributed by atoms with Crippen LogP contribution in [0, 0.1) is 5.41 Å². The summed E-state index contributed by atoms with van der Waals surface area (Å²) in [7, 11) is 1.96. The van der Waals surface area contributed by atoms with Crippen LogP contribution in [0.3, 0.4) is 0 Å². The van der Waals surface area contributed by atoms with Crippen molar-refractivity contribution in [3.8, 4) is 0 Å². The monoisotopic (exact) mass is 396 g/mol. The van der Waals surface area contributed by atoms with Crippen molar-refractivity contribution in [3.05, 3.63) is 54.1 Å². The lowest BCUT2D eigenvalue weighted by atomic mass is 9.70. The second kappa shape index (κ2) is 8.99. The van der Waals surface area contributed by atoms with Crippen LogP contribution in [0.1, 0.15) is 56.0 Å². The Morgan fingerprint density at radius 1 is 1.24 bits per heavy atom. The molecular weight excluding hydrogens is 364 g/mol. The van der Waals surface area contributed by atoms with Crippen molar-refractivity contribution in [1.82, 2.24) is 20.2 Å². The van der Waals surface area contributed by atoms with Crippen LogP contribution in [-0.4, -0.2) is 34.8 Å². The van der Waals surface area contributed by atoms with Gasteiger partial charge in [-0.2, -0.15) is 0 Å². The van der Waals surface area contributed by atoms with Crippen LogP contribution in [0.25, 0.3) is 0 Å².